The maximum Gasteiger partial charge on any atom is 0.192 e. The van der Waals surface area contributed by atoms with E-state index in [1.165, 1.54) is 0 Å². The van der Waals surface area contributed by atoms with Gasteiger partial charge in [-0.1, -0.05) is 20.8 Å². The first-order valence-corrected chi connectivity index (χ1v) is 10.7. The van der Waals surface area contributed by atoms with Gasteiger partial charge in [0.05, 0.1) is 25.1 Å². The molecule has 5 heteroatoms. The molecule has 0 spiro atoms. The van der Waals surface area contributed by atoms with Crippen LogP contribution in [0.1, 0.15) is 45.9 Å². The molecule has 0 unspecified atom stereocenters. The van der Waals surface area contributed by atoms with Crippen LogP contribution in [0.2, 0.25) is 18.1 Å². The van der Waals surface area contributed by atoms with Gasteiger partial charge < -0.3 is 14.3 Å². The highest BCUT2D eigenvalue weighted by molar-refractivity contribution is 6.74. The lowest BCUT2D eigenvalue weighted by Crippen LogP contribution is -2.46. The zero-order valence-corrected chi connectivity index (χ0v) is 16.3. The van der Waals surface area contributed by atoms with Crippen molar-refractivity contribution in [3.63, 3.8) is 0 Å². The van der Waals surface area contributed by atoms with Crippen LogP contribution < -0.4 is 4.74 Å². The third kappa shape index (κ3) is 5.07. The number of aliphatic hydroxyl groups is 1. The van der Waals surface area contributed by atoms with Crippen molar-refractivity contribution >= 4 is 8.32 Å². The number of aromatic nitrogens is 1. The van der Waals surface area contributed by atoms with E-state index in [1.54, 1.807) is 6.20 Å². The molecule has 0 aliphatic carbocycles. The Morgan fingerprint density at radius 2 is 1.77 bits per heavy atom. The Bertz CT molecular complexity index is 507. The first-order chi connectivity index (χ1) is 9.88. The van der Waals surface area contributed by atoms with E-state index >= 15 is 0 Å². The SMILES string of the molecule is Cc1cc(CO)ncc1OC(C)(C)CO[Si](C)(C)C(C)(C)C. The van der Waals surface area contributed by atoms with Crippen molar-refractivity contribution in [2.24, 2.45) is 0 Å². The van der Waals surface area contributed by atoms with Crippen LogP contribution in [0.3, 0.4) is 0 Å². The van der Waals surface area contributed by atoms with Crippen LogP contribution in [0.5, 0.6) is 5.75 Å². The van der Waals surface area contributed by atoms with Gasteiger partial charge in [-0.25, -0.2) is 0 Å². The summed E-state index contributed by atoms with van der Waals surface area (Å²) in [6, 6.07) is 1.85. The lowest BCUT2D eigenvalue weighted by atomic mass is 10.1. The monoisotopic (exact) mass is 325 g/mol. The van der Waals surface area contributed by atoms with E-state index in [4.69, 9.17) is 14.3 Å². The molecule has 1 N–H and O–H groups in total. The molecule has 1 heterocycles. The van der Waals surface area contributed by atoms with Gasteiger partial charge in [0.15, 0.2) is 8.32 Å². The molecule has 126 valence electrons. The molecule has 22 heavy (non-hydrogen) atoms. The second-order valence-corrected chi connectivity index (χ2v) is 12.8. The normalized spacial score (nSPS) is 13.3. The summed E-state index contributed by atoms with van der Waals surface area (Å²) in [5, 5.41) is 9.30. The summed E-state index contributed by atoms with van der Waals surface area (Å²) in [5.41, 5.74) is 1.20. The predicted molar refractivity (Wildman–Crippen MR) is 92.8 cm³/mol. The van der Waals surface area contributed by atoms with Gasteiger partial charge in [0.2, 0.25) is 0 Å². The number of hydrogen-bond acceptors (Lipinski definition) is 4. The molecule has 0 atom stereocenters. The van der Waals surface area contributed by atoms with Gasteiger partial charge in [-0.15, -0.1) is 0 Å². The minimum absolute atomic E-state index is 0.0566. The molecule has 1 rings (SSSR count). The number of ether oxygens (including phenoxy) is 1. The molecule has 0 radical (unpaired) electrons. The molecule has 0 aliphatic rings. The van der Waals surface area contributed by atoms with Crippen molar-refractivity contribution in [3.05, 3.63) is 23.5 Å². The van der Waals surface area contributed by atoms with Crippen LogP contribution in [0.15, 0.2) is 12.3 Å². The van der Waals surface area contributed by atoms with Crippen molar-refractivity contribution in [1.82, 2.24) is 4.98 Å². The van der Waals surface area contributed by atoms with E-state index in [9.17, 15) is 0 Å². The minimum Gasteiger partial charge on any atom is -0.484 e. The van der Waals surface area contributed by atoms with Gasteiger partial charge >= 0.3 is 0 Å². The maximum atomic E-state index is 9.12. The van der Waals surface area contributed by atoms with Crippen LogP contribution in [0, 0.1) is 6.92 Å². The van der Waals surface area contributed by atoms with Gasteiger partial charge in [-0.2, -0.15) is 0 Å². The third-order valence-corrected chi connectivity index (χ3v) is 8.73. The van der Waals surface area contributed by atoms with E-state index in [2.05, 4.69) is 38.8 Å². The molecule has 1 aromatic rings. The molecular formula is C17H31NO3Si. The number of aryl methyl sites for hydroxylation is 1. The Balaban J connectivity index is 2.76. The Labute approximate surface area is 136 Å². The minimum atomic E-state index is -1.79. The third-order valence-electron chi connectivity index (χ3n) is 4.25. The zero-order chi connectivity index (χ0) is 17.2. The number of aliphatic hydroxyl groups excluding tert-OH is 1. The average Bonchev–Trinajstić information content (AvgIpc) is 2.37. The number of rotatable bonds is 6. The van der Waals surface area contributed by atoms with Crippen LogP contribution >= 0.6 is 0 Å². The first-order valence-electron chi connectivity index (χ1n) is 7.77. The van der Waals surface area contributed by atoms with Crippen LogP contribution in [0.25, 0.3) is 0 Å². The standard InChI is InChI=1S/C17H31NO3Si/c1-13-9-14(11-19)18-10-15(13)21-17(5,6)12-20-22(7,8)16(2,3)4/h9-10,19H,11-12H2,1-8H3. The summed E-state index contributed by atoms with van der Waals surface area (Å²) in [6.45, 7) is 17.7. The van der Waals surface area contributed by atoms with Crippen molar-refractivity contribution < 1.29 is 14.3 Å². The molecule has 0 saturated heterocycles. The lowest BCUT2D eigenvalue weighted by molar-refractivity contribution is 0.0452. The van der Waals surface area contributed by atoms with E-state index in [0.29, 0.717) is 12.3 Å². The summed E-state index contributed by atoms with van der Waals surface area (Å²) in [5.74, 6) is 0.737. The van der Waals surface area contributed by atoms with E-state index in [0.717, 1.165) is 11.3 Å². The highest BCUT2D eigenvalue weighted by Gasteiger charge is 2.38. The summed E-state index contributed by atoms with van der Waals surface area (Å²) < 4.78 is 12.4. The number of pyridine rings is 1. The summed E-state index contributed by atoms with van der Waals surface area (Å²) in [4.78, 5) is 4.18. The van der Waals surface area contributed by atoms with E-state index in [1.807, 2.05) is 26.8 Å². The second kappa shape index (κ2) is 6.68. The molecular weight excluding hydrogens is 294 g/mol. The van der Waals surface area contributed by atoms with Crippen molar-refractivity contribution in [2.45, 2.75) is 71.9 Å². The second-order valence-electron chi connectivity index (χ2n) is 8.01. The van der Waals surface area contributed by atoms with E-state index in [-0.39, 0.29) is 11.6 Å². The van der Waals surface area contributed by atoms with Crippen molar-refractivity contribution in [2.75, 3.05) is 6.61 Å². The quantitative estimate of drug-likeness (QED) is 0.801. The molecule has 0 amide bonds. The van der Waals surface area contributed by atoms with Crippen LogP contribution in [-0.2, 0) is 11.0 Å². The van der Waals surface area contributed by atoms with Gasteiger partial charge in [-0.3, -0.25) is 4.98 Å². The largest absolute Gasteiger partial charge is 0.484 e. The number of nitrogens with zero attached hydrogens (tertiary/aromatic N) is 1. The lowest BCUT2D eigenvalue weighted by Gasteiger charge is -2.39. The molecule has 4 nitrogen and oxygen atoms in total. The van der Waals surface area contributed by atoms with Gasteiger partial charge in [0.25, 0.3) is 0 Å². The first kappa shape index (κ1) is 19.1. The highest BCUT2D eigenvalue weighted by Crippen LogP contribution is 2.37. The Hall–Kier alpha value is -0.913. The van der Waals surface area contributed by atoms with Crippen molar-refractivity contribution in [1.29, 1.82) is 0 Å². The topological polar surface area (TPSA) is 51.6 Å². The average molecular weight is 326 g/mol. The van der Waals surface area contributed by atoms with Crippen molar-refractivity contribution in [3.8, 4) is 5.75 Å². The molecule has 1 aromatic heterocycles. The maximum absolute atomic E-state index is 9.12. The van der Waals surface area contributed by atoms with Crippen LogP contribution in [-0.4, -0.2) is 30.6 Å². The zero-order valence-electron chi connectivity index (χ0n) is 15.3. The summed E-state index contributed by atoms with van der Waals surface area (Å²) in [6.07, 6.45) is 1.68. The fourth-order valence-electron chi connectivity index (χ4n) is 1.69. The highest BCUT2D eigenvalue weighted by atomic mass is 28.4. The molecule has 0 fully saturated rings. The predicted octanol–water partition coefficient (Wildman–Crippen LogP) is 4.06. The number of hydrogen-bond donors (Lipinski definition) is 1. The fraction of sp³-hybridized carbons (Fsp3) is 0.706. The molecule has 0 saturated carbocycles. The fourth-order valence-corrected chi connectivity index (χ4v) is 2.83. The van der Waals surface area contributed by atoms with Gasteiger partial charge in [0.1, 0.15) is 11.4 Å². The summed E-state index contributed by atoms with van der Waals surface area (Å²) >= 11 is 0. The summed E-state index contributed by atoms with van der Waals surface area (Å²) in [7, 11) is -1.79. The Morgan fingerprint density at radius 1 is 1.18 bits per heavy atom. The van der Waals surface area contributed by atoms with Gasteiger partial charge in [0, 0.05) is 0 Å². The van der Waals surface area contributed by atoms with Crippen LogP contribution in [0.4, 0.5) is 0 Å². The molecule has 0 aliphatic heterocycles. The smallest absolute Gasteiger partial charge is 0.192 e. The Kier molecular flexibility index (Phi) is 5.81. The van der Waals surface area contributed by atoms with E-state index < -0.39 is 13.9 Å². The Morgan fingerprint density at radius 3 is 2.23 bits per heavy atom. The van der Waals surface area contributed by atoms with Gasteiger partial charge in [-0.05, 0) is 50.5 Å². The molecule has 0 bridgehead atoms. The molecule has 0 aromatic carbocycles.